The molecule has 3 rings (SSSR count). The molecule has 1 aromatic heterocycles. The minimum absolute atomic E-state index is 0. The molecule has 5 heteroatoms. The molecule has 0 aliphatic rings. The van der Waals surface area contributed by atoms with Gasteiger partial charge in [-0.3, -0.25) is 0 Å². The molecule has 2 nitrogen and oxygen atoms in total. The number of rotatable bonds is 6. The van der Waals surface area contributed by atoms with Gasteiger partial charge in [0, 0.05) is 10.6 Å². The first kappa shape index (κ1) is 19.5. The van der Waals surface area contributed by atoms with Crippen LogP contribution in [0.15, 0.2) is 59.0 Å². The molecule has 3 aromatic rings. The molecule has 0 spiro atoms. The van der Waals surface area contributed by atoms with Gasteiger partial charge in [-0.15, -0.1) is 12.4 Å². The van der Waals surface area contributed by atoms with Crippen molar-refractivity contribution in [2.24, 2.45) is 0 Å². The predicted molar refractivity (Wildman–Crippen MR) is 103 cm³/mol. The van der Waals surface area contributed by atoms with E-state index in [-0.39, 0.29) is 18.2 Å². The van der Waals surface area contributed by atoms with Gasteiger partial charge in [0.1, 0.15) is 17.3 Å². The highest BCUT2D eigenvalue weighted by molar-refractivity contribution is 6.31. The maximum absolute atomic E-state index is 12.9. The first-order valence-electron chi connectivity index (χ1n) is 7.93. The van der Waals surface area contributed by atoms with Crippen LogP contribution >= 0.6 is 24.0 Å². The molecule has 0 fully saturated rings. The van der Waals surface area contributed by atoms with E-state index in [2.05, 4.69) is 5.32 Å². The Bertz CT molecular complexity index is 815. The van der Waals surface area contributed by atoms with Gasteiger partial charge in [-0.05, 0) is 61.3 Å². The normalized spacial score (nSPS) is 10.5. The second kappa shape index (κ2) is 9.04. The van der Waals surface area contributed by atoms with Gasteiger partial charge >= 0.3 is 0 Å². The molecule has 0 bridgehead atoms. The van der Waals surface area contributed by atoms with Gasteiger partial charge in [0.2, 0.25) is 0 Å². The summed E-state index contributed by atoms with van der Waals surface area (Å²) in [5.41, 5.74) is 3.14. The Morgan fingerprint density at radius 3 is 2.56 bits per heavy atom. The molecule has 0 saturated heterocycles. The average Bonchev–Trinajstić information content (AvgIpc) is 3.04. The van der Waals surface area contributed by atoms with E-state index in [9.17, 15) is 4.39 Å². The minimum Gasteiger partial charge on any atom is -0.460 e. The van der Waals surface area contributed by atoms with Crippen molar-refractivity contribution < 1.29 is 8.81 Å². The van der Waals surface area contributed by atoms with Gasteiger partial charge in [0.05, 0.1) is 6.54 Å². The highest BCUT2D eigenvalue weighted by Crippen LogP contribution is 2.29. The number of benzene rings is 2. The van der Waals surface area contributed by atoms with Crippen LogP contribution in [0.4, 0.5) is 4.39 Å². The lowest BCUT2D eigenvalue weighted by molar-refractivity contribution is 0.494. The Labute approximate surface area is 158 Å². The van der Waals surface area contributed by atoms with E-state index < -0.39 is 0 Å². The van der Waals surface area contributed by atoms with Crippen LogP contribution in [0.25, 0.3) is 11.3 Å². The molecule has 132 valence electrons. The number of hydrogen-bond acceptors (Lipinski definition) is 2. The maximum Gasteiger partial charge on any atom is 0.134 e. The third-order valence-electron chi connectivity index (χ3n) is 4.00. The lowest BCUT2D eigenvalue weighted by Gasteiger charge is -2.05. The Morgan fingerprint density at radius 1 is 1.04 bits per heavy atom. The van der Waals surface area contributed by atoms with Crippen molar-refractivity contribution in [1.82, 2.24) is 5.32 Å². The van der Waals surface area contributed by atoms with E-state index in [1.54, 1.807) is 0 Å². The summed E-state index contributed by atoms with van der Waals surface area (Å²) in [7, 11) is 0. The van der Waals surface area contributed by atoms with Gasteiger partial charge in [-0.25, -0.2) is 4.39 Å². The molecule has 2 aromatic carbocycles. The zero-order chi connectivity index (χ0) is 16.9. The summed E-state index contributed by atoms with van der Waals surface area (Å²) in [5.74, 6) is 1.50. The summed E-state index contributed by atoms with van der Waals surface area (Å²) in [5, 5.41) is 4.08. The van der Waals surface area contributed by atoms with Crippen LogP contribution < -0.4 is 5.32 Å². The molecule has 0 aliphatic heterocycles. The average molecular weight is 380 g/mol. The van der Waals surface area contributed by atoms with Crippen LogP contribution in [-0.2, 0) is 13.0 Å². The summed E-state index contributed by atoms with van der Waals surface area (Å²) < 4.78 is 18.8. The minimum atomic E-state index is -0.203. The monoisotopic (exact) mass is 379 g/mol. The molecule has 25 heavy (non-hydrogen) atoms. The van der Waals surface area contributed by atoms with Crippen LogP contribution in [-0.4, -0.2) is 6.54 Å². The fourth-order valence-electron chi connectivity index (χ4n) is 2.59. The van der Waals surface area contributed by atoms with Gasteiger partial charge in [-0.2, -0.15) is 0 Å². The molecule has 1 N–H and O–H groups in total. The third-order valence-corrected chi connectivity index (χ3v) is 4.41. The van der Waals surface area contributed by atoms with Gasteiger partial charge in [-0.1, -0.05) is 35.9 Å². The Morgan fingerprint density at radius 2 is 1.80 bits per heavy atom. The van der Waals surface area contributed by atoms with Crippen molar-refractivity contribution in [1.29, 1.82) is 0 Å². The zero-order valence-electron chi connectivity index (χ0n) is 13.9. The van der Waals surface area contributed by atoms with Crippen LogP contribution in [0.3, 0.4) is 0 Å². The SMILES string of the molecule is Cc1c(Cl)cccc1-c1ccc(CNCCc2ccc(F)cc2)o1.Cl. The second-order valence-electron chi connectivity index (χ2n) is 5.73. The van der Waals surface area contributed by atoms with Crippen molar-refractivity contribution in [2.45, 2.75) is 19.9 Å². The maximum atomic E-state index is 12.9. The summed E-state index contributed by atoms with van der Waals surface area (Å²) >= 11 is 6.16. The van der Waals surface area contributed by atoms with Gasteiger partial charge < -0.3 is 9.73 Å². The quantitative estimate of drug-likeness (QED) is 0.547. The zero-order valence-corrected chi connectivity index (χ0v) is 15.5. The summed E-state index contributed by atoms with van der Waals surface area (Å²) in [6.07, 6.45) is 0.848. The van der Waals surface area contributed by atoms with E-state index in [0.29, 0.717) is 6.54 Å². The number of hydrogen-bond donors (Lipinski definition) is 1. The van der Waals surface area contributed by atoms with E-state index in [1.165, 1.54) is 12.1 Å². The highest BCUT2D eigenvalue weighted by Gasteiger charge is 2.09. The molecular formula is C20H20Cl2FNO. The first-order chi connectivity index (χ1) is 11.6. The summed E-state index contributed by atoms with van der Waals surface area (Å²) in [6, 6.07) is 16.3. The van der Waals surface area contributed by atoms with Crippen molar-refractivity contribution in [3.63, 3.8) is 0 Å². The van der Waals surface area contributed by atoms with E-state index in [1.807, 2.05) is 49.4 Å². The molecule has 0 atom stereocenters. The number of halogens is 3. The third kappa shape index (κ3) is 5.08. The van der Waals surface area contributed by atoms with Crippen molar-refractivity contribution in [3.05, 3.63) is 82.3 Å². The van der Waals surface area contributed by atoms with Gasteiger partial charge in [0.25, 0.3) is 0 Å². The Balaban J connectivity index is 0.00000225. The molecule has 0 unspecified atom stereocenters. The fraction of sp³-hybridized carbons (Fsp3) is 0.200. The van der Waals surface area contributed by atoms with E-state index in [4.69, 9.17) is 16.0 Å². The number of furan rings is 1. The Hall–Kier alpha value is -1.81. The highest BCUT2D eigenvalue weighted by atomic mass is 35.5. The van der Waals surface area contributed by atoms with Crippen molar-refractivity contribution >= 4 is 24.0 Å². The second-order valence-corrected chi connectivity index (χ2v) is 6.14. The fourth-order valence-corrected chi connectivity index (χ4v) is 2.76. The van der Waals surface area contributed by atoms with Crippen molar-refractivity contribution in [3.8, 4) is 11.3 Å². The molecule has 1 heterocycles. The molecule has 0 radical (unpaired) electrons. The standard InChI is InChI=1S/C20H19ClFNO.ClH/c1-14-18(3-2-4-19(14)21)20-10-9-17(24-20)13-23-12-11-15-5-7-16(22)8-6-15;/h2-10,23H,11-13H2,1H3;1H. The molecule has 0 saturated carbocycles. The van der Waals surface area contributed by atoms with Crippen LogP contribution in [0.5, 0.6) is 0 Å². The Kier molecular flexibility index (Phi) is 7.06. The largest absolute Gasteiger partial charge is 0.460 e. The molecule has 0 aliphatic carbocycles. The van der Waals surface area contributed by atoms with E-state index >= 15 is 0 Å². The van der Waals surface area contributed by atoms with Crippen LogP contribution in [0, 0.1) is 12.7 Å². The first-order valence-corrected chi connectivity index (χ1v) is 8.30. The van der Waals surface area contributed by atoms with Crippen molar-refractivity contribution in [2.75, 3.05) is 6.54 Å². The summed E-state index contributed by atoms with van der Waals surface area (Å²) in [6.45, 7) is 3.44. The van der Waals surface area contributed by atoms with E-state index in [0.717, 1.165) is 46.2 Å². The predicted octanol–water partition coefficient (Wildman–Crippen LogP) is 5.80. The van der Waals surface area contributed by atoms with Crippen LogP contribution in [0.1, 0.15) is 16.9 Å². The molecular weight excluding hydrogens is 360 g/mol. The van der Waals surface area contributed by atoms with Gasteiger partial charge in [0.15, 0.2) is 0 Å². The number of nitrogens with one attached hydrogen (secondary N) is 1. The lowest BCUT2D eigenvalue weighted by Crippen LogP contribution is -2.16. The lowest BCUT2D eigenvalue weighted by atomic mass is 10.1. The molecule has 0 amide bonds. The van der Waals surface area contributed by atoms with Crippen LogP contribution in [0.2, 0.25) is 5.02 Å². The topological polar surface area (TPSA) is 25.2 Å². The summed E-state index contributed by atoms with van der Waals surface area (Å²) in [4.78, 5) is 0. The smallest absolute Gasteiger partial charge is 0.134 e.